The molecule has 0 radical (unpaired) electrons. The van der Waals surface area contributed by atoms with Crippen LogP contribution in [0.5, 0.6) is 0 Å². The maximum atomic E-state index is 13.1. The number of aliphatic hydroxyl groups is 1. The van der Waals surface area contributed by atoms with E-state index in [1.54, 1.807) is 24.0 Å². The van der Waals surface area contributed by atoms with E-state index in [1.165, 1.54) is 29.8 Å². The Morgan fingerprint density at radius 3 is 2.83 bits per heavy atom. The monoisotopic (exact) mass is 539 g/mol. The molecule has 3 aliphatic rings. The van der Waals surface area contributed by atoms with Crippen LogP contribution < -0.4 is 15.9 Å². The van der Waals surface area contributed by atoms with Crippen LogP contribution in [0.2, 0.25) is 0 Å². The summed E-state index contributed by atoms with van der Waals surface area (Å²) in [5.41, 5.74) is 7.40. The van der Waals surface area contributed by atoms with Gasteiger partial charge in [0.25, 0.3) is 5.56 Å². The zero-order valence-electron chi connectivity index (χ0n) is 22.8. The van der Waals surface area contributed by atoms with Gasteiger partial charge in [-0.25, -0.2) is 9.99 Å². The summed E-state index contributed by atoms with van der Waals surface area (Å²) in [6.45, 7) is 3.99. The quantitative estimate of drug-likeness (QED) is 0.402. The second-order valence-electron chi connectivity index (χ2n) is 10.9. The maximum Gasteiger partial charge on any atom is 0.274 e. The average molecular weight is 540 g/mol. The standard InChI is InChI=1S/C29H33N9O2/c1-34-9-10-37-22(17-34)13-27(33-37)32-25-12-19(15-35(2)29(25)40)23-6-7-30-28(24(23)18-39)38-16-20-11-21-5-3-4-8-36(21)26(20)14-31-38/h6-7,11-15,39H,3-5,8-10,16-18H2,1-2H3,(H,32,33). The third-order valence-electron chi connectivity index (χ3n) is 8.19. The third kappa shape index (κ3) is 4.22. The molecule has 206 valence electrons. The second-order valence-corrected chi connectivity index (χ2v) is 10.9. The van der Waals surface area contributed by atoms with Crippen LogP contribution in [-0.2, 0) is 46.3 Å². The molecule has 0 saturated heterocycles. The van der Waals surface area contributed by atoms with Crippen LogP contribution in [0.4, 0.5) is 17.3 Å². The third-order valence-corrected chi connectivity index (χ3v) is 8.19. The normalized spacial score (nSPS) is 16.5. The fraction of sp³-hybridized carbons (Fsp3) is 0.379. The van der Waals surface area contributed by atoms with Gasteiger partial charge in [-0.2, -0.15) is 10.2 Å². The number of nitrogens with one attached hydrogen (secondary N) is 1. The van der Waals surface area contributed by atoms with Gasteiger partial charge in [-0.15, -0.1) is 0 Å². The minimum Gasteiger partial charge on any atom is -0.392 e. The minimum atomic E-state index is -0.212. The zero-order valence-corrected chi connectivity index (χ0v) is 22.8. The molecule has 0 fully saturated rings. The number of aromatic nitrogens is 5. The Hall–Kier alpha value is -4.22. The predicted octanol–water partition coefficient (Wildman–Crippen LogP) is 2.82. The number of anilines is 3. The van der Waals surface area contributed by atoms with Crippen molar-refractivity contribution in [3.8, 4) is 11.1 Å². The van der Waals surface area contributed by atoms with Crippen LogP contribution in [0.15, 0.2) is 46.6 Å². The van der Waals surface area contributed by atoms with Crippen molar-refractivity contribution in [2.24, 2.45) is 12.1 Å². The summed E-state index contributed by atoms with van der Waals surface area (Å²) in [4.78, 5) is 20.0. The number of aryl methyl sites for hydroxylation is 2. The van der Waals surface area contributed by atoms with E-state index in [4.69, 9.17) is 5.10 Å². The Morgan fingerprint density at radius 2 is 1.95 bits per heavy atom. The molecule has 0 bridgehead atoms. The van der Waals surface area contributed by atoms with Gasteiger partial charge in [0.1, 0.15) is 5.69 Å². The molecule has 0 atom stereocenters. The molecule has 0 amide bonds. The van der Waals surface area contributed by atoms with Gasteiger partial charge in [0.15, 0.2) is 11.6 Å². The summed E-state index contributed by atoms with van der Waals surface area (Å²) in [6, 6.07) is 7.98. The lowest BCUT2D eigenvalue weighted by Crippen LogP contribution is -2.30. The van der Waals surface area contributed by atoms with E-state index < -0.39 is 0 Å². The van der Waals surface area contributed by atoms with Crippen molar-refractivity contribution in [1.29, 1.82) is 0 Å². The first kappa shape index (κ1) is 24.8. The lowest BCUT2D eigenvalue weighted by atomic mass is 10.0. The Kier molecular flexibility index (Phi) is 6.05. The van der Waals surface area contributed by atoms with Crippen molar-refractivity contribution >= 4 is 23.5 Å². The number of hydrazone groups is 1. The van der Waals surface area contributed by atoms with Crippen molar-refractivity contribution < 1.29 is 5.11 Å². The number of fused-ring (bicyclic) bond motifs is 4. The second kappa shape index (κ2) is 9.76. The van der Waals surface area contributed by atoms with Crippen LogP contribution in [0, 0.1) is 0 Å². The van der Waals surface area contributed by atoms with E-state index in [0.29, 0.717) is 29.4 Å². The van der Waals surface area contributed by atoms with Gasteiger partial charge in [-0.05, 0) is 50.1 Å². The topological polar surface area (TPSA) is 109 Å². The first-order valence-corrected chi connectivity index (χ1v) is 13.8. The number of aliphatic hydroxyl groups excluding tert-OH is 1. The summed E-state index contributed by atoms with van der Waals surface area (Å²) in [5.74, 6) is 1.26. The molecule has 40 heavy (non-hydrogen) atoms. The molecule has 4 aromatic rings. The van der Waals surface area contributed by atoms with Crippen molar-refractivity contribution in [3.05, 3.63) is 75.2 Å². The van der Waals surface area contributed by atoms with E-state index in [0.717, 1.165) is 49.4 Å². The average Bonchev–Trinajstić information content (AvgIpc) is 3.54. The Labute approximate surface area is 232 Å². The van der Waals surface area contributed by atoms with Crippen LogP contribution >= 0.6 is 0 Å². The Bertz CT molecular complexity index is 1700. The molecule has 2 N–H and O–H groups in total. The van der Waals surface area contributed by atoms with Crippen LogP contribution in [-0.4, -0.2) is 53.7 Å². The zero-order chi connectivity index (χ0) is 27.4. The number of nitrogens with zero attached hydrogens (tertiary/aromatic N) is 8. The predicted molar refractivity (Wildman–Crippen MR) is 154 cm³/mol. The molecule has 0 aliphatic carbocycles. The molecule has 0 unspecified atom stereocenters. The summed E-state index contributed by atoms with van der Waals surface area (Å²) in [6.07, 6.45) is 8.95. The van der Waals surface area contributed by atoms with Crippen molar-refractivity contribution in [2.75, 3.05) is 23.9 Å². The van der Waals surface area contributed by atoms with E-state index in [1.807, 2.05) is 34.1 Å². The van der Waals surface area contributed by atoms with Gasteiger partial charge in [0.2, 0.25) is 0 Å². The molecular formula is C29H33N9O2. The maximum absolute atomic E-state index is 13.1. The number of pyridine rings is 2. The first-order valence-electron chi connectivity index (χ1n) is 13.8. The number of hydrogen-bond acceptors (Lipinski definition) is 8. The lowest BCUT2D eigenvalue weighted by Gasteiger charge is -2.25. The van der Waals surface area contributed by atoms with Crippen molar-refractivity contribution in [1.82, 2.24) is 28.8 Å². The molecular weight excluding hydrogens is 506 g/mol. The van der Waals surface area contributed by atoms with E-state index in [2.05, 4.69) is 38.0 Å². The highest BCUT2D eigenvalue weighted by Gasteiger charge is 2.25. The molecule has 11 nitrogen and oxygen atoms in total. The summed E-state index contributed by atoms with van der Waals surface area (Å²) < 4.78 is 5.92. The van der Waals surface area contributed by atoms with E-state index >= 15 is 0 Å². The number of hydrogen-bond donors (Lipinski definition) is 2. The van der Waals surface area contributed by atoms with E-state index in [9.17, 15) is 9.90 Å². The highest BCUT2D eigenvalue weighted by Crippen LogP contribution is 2.34. The molecule has 4 aromatic heterocycles. The van der Waals surface area contributed by atoms with Crippen molar-refractivity contribution in [3.63, 3.8) is 0 Å². The highest BCUT2D eigenvalue weighted by molar-refractivity contribution is 5.84. The van der Waals surface area contributed by atoms with Gasteiger partial charge in [0, 0.05) is 67.5 Å². The molecule has 11 heteroatoms. The van der Waals surface area contributed by atoms with Gasteiger partial charge in [0.05, 0.1) is 37.3 Å². The SMILES string of the molecule is CN1CCn2nc(Nc3cc(-c4ccnc(N5Cc6cc7n(c6C=N5)CCCC7)c4CO)cn(C)c3=O)cc2C1. The number of likely N-dealkylation sites (N-methyl/N-ethyl adjacent to an activating group) is 1. The lowest BCUT2D eigenvalue weighted by molar-refractivity contribution is 0.259. The molecule has 0 spiro atoms. The van der Waals surface area contributed by atoms with Crippen LogP contribution in [0.3, 0.4) is 0 Å². The molecule has 7 heterocycles. The fourth-order valence-corrected chi connectivity index (χ4v) is 6.14. The van der Waals surface area contributed by atoms with Gasteiger partial charge in [-0.3, -0.25) is 14.4 Å². The minimum absolute atomic E-state index is 0.155. The molecule has 0 saturated carbocycles. The molecule has 3 aliphatic heterocycles. The first-order chi connectivity index (χ1) is 19.5. The van der Waals surface area contributed by atoms with Gasteiger partial charge in [-0.1, -0.05) is 0 Å². The Balaban J connectivity index is 1.22. The fourth-order valence-electron chi connectivity index (χ4n) is 6.14. The molecule has 0 aromatic carbocycles. The van der Waals surface area contributed by atoms with E-state index in [-0.39, 0.29) is 12.2 Å². The highest BCUT2D eigenvalue weighted by atomic mass is 16.3. The van der Waals surface area contributed by atoms with Gasteiger partial charge < -0.3 is 19.6 Å². The Morgan fingerprint density at radius 1 is 1.05 bits per heavy atom. The summed E-state index contributed by atoms with van der Waals surface area (Å²) in [7, 11) is 3.82. The summed E-state index contributed by atoms with van der Waals surface area (Å²) in [5, 5.41) is 25.0. The molecule has 7 rings (SSSR count). The van der Waals surface area contributed by atoms with Gasteiger partial charge >= 0.3 is 0 Å². The van der Waals surface area contributed by atoms with Crippen LogP contribution in [0.25, 0.3) is 11.1 Å². The largest absolute Gasteiger partial charge is 0.392 e. The van der Waals surface area contributed by atoms with Crippen molar-refractivity contribution in [2.45, 2.75) is 52.0 Å². The van der Waals surface area contributed by atoms with Crippen LogP contribution in [0.1, 0.15) is 41.1 Å². The number of rotatable bonds is 5. The smallest absolute Gasteiger partial charge is 0.274 e. The summed E-state index contributed by atoms with van der Waals surface area (Å²) >= 11 is 0.